The Morgan fingerprint density at radius 3 is 2.00 bits per heavy atom. The van der Waals surface area contributed by atoms with Gasteiger partial charge in [-0.15, -0.1) is 0 Å². The highest BCUT2D eigenvalue weighted by Crippen LogP contribution is 2.16. The Labute approximate surface area is 85.4 Å². The van der Waals surface area contributed by atoms with Crippen molar-refractivity contribution < 1.29 is 0 Å². The van der Waals surface area contributed by atoms with Gasteiger partial charge in [0, 0.05) is 0 Å². The Kier molecular flexibility index (Phi) is 13.7. The van der Waals surface area contributed by atoms with E-state index in [0.717, 1.165) is 5.92 Å². The molecule has 0 aromatic carbocycles. The standard InChI is InChI=1S/C11H22.C2H6/c1-5-7-8-9-11(6-2)10(3)4;1-2/h6,10H,5,7-9H2,1-4H3;1-2H3/b11-6+;. The predicted molar refractivity (Wildman–Crippen MR) is 64.1 cm³/mol. The van der Waals surface area contributed by atoms with Crippen LogP contribution in [0.4, 0.5) is 0 Å². The summed E-state index contributed by atoms with van der Waals surface area (Å²) in [5, 5.41) is 0. The van der Waals surface area contributed by atoms with Crippen molar-refractivity contribution in [1.82, 2.24) is 0 Å². The van der Waals surface area contributed by atoms with Crippen molar-refractivity contribution in [2.75, 3.05) is 0 Å². The molecule has 0 heterocycles. The Morgan fingerprint density at radius 1 is 1.15 bits per heavy atom. The maximum atomic E-state index is 2.28. The molecular formula is C13H28. The van der Waals surface area contributed by atoms with E-state index in [1.54, 1.807) is 5.57 Å². The molecule has 0 nitrogen and oxygen atoms in total. The van der Waals surface area contributed by atoms with E-state index in [1.165, 1.54) is 25.7 Å². The smallest absolute Gasteiger partial charge is 0.0260 e. The van der Waals surface area contributed by atoms with E-state index in [0.29, 0.717) is 0 Å². The van der Waals surface area contributed by atoms with Crippen LogP contribution in [0.15, 0.2) is 11.6 Å². The summed E-state index contributed by atoms with van der Waals surface area (Å²) in [4.78, 5) is 0. The monoisotopic (exact) mass is 184 g/mol. The van der Waals surface area contributed by atoms with E-state index < -0.39 is 0 Å². The van der Waals surface area contributed by atoms with Gasteiger partial charge in [0.2, 0.25) is 0 Å². The van der Waals surface area contributed by atoms with Crippen molar-refractivity contribution in [1.29, 1.82) is 0 Å². The van der Waals surface area contributed by atoms with Gasteiger partial charge in [0.15, 0.2) is 0 Å². The highest BCUT2D eigenvalue weighted by atomic mass is 14.1. The molecule has 0 unspecified atom stereocenters. The van der Waals surface area contributed by atoms with Gasteiger partial charge in [-0.05, 0) is 25.7 Å². The molecule has 0 aromatic rings. The van der Waals surface area contributed by atoms with Crippen LogP contribution in [0, 0.1) is 5.92 Å². The third-order valence-electron chi connectivity index (χ3n) is 2.18. The van der Waals surface area contributed by atoms with Gasteiger partial charge in [-0.2, -0.15) is 0 Å². The molecule has 0 radical (unpaired) electrons. The van der Waals surface area contributed by atoms with Gasteiger partial charge in [0.1, 0.15) is 0 Å². The lowest BCUT2D eigenvalue weighted by atomic mass is 9.97. The molecule has 0 saturated carbocycles. The van der Waals surface area contributed by atoms with Gasteiger partial charge >= 0.3 is 0 Å². The van der Waals surface area contributed by atoms with Crippen molar-refractivity contribution in [3.8, 4) is 0 Å². The Hall–Kier alpha value is -0.260. The fourth-order valence-electron chi connectivity index (χ4n) is 1.35. The van der Waals surface area contributed by atoms with Crippen LogP contribution in [0.2, 0.25) is 0 Å². The predicted octanol–water partition coefficient (Wildman–Crippen LogP) is 5.20. The van der Waals surface area contributed by atoms with E-state index in [-0.39, 0.29) is 0 Å². The summed E-state index contributed by atoms with van der Waals surface area (Å²) in [5.74, 6) is 0.747. The molecule has 0 aliphatic rings. The molecule has 0 atom stereocenters. The maximum absolute atomic E-state index is 2.28. The van der Waals surface area contributed by atoms with Crippen molar-refractivity contribution in [3.63, 3.8) is 0 Å². The summed E-state index contributed by atoms with van der Waals surface area (Å²) >= 11 is 0. The van der Waals surface area contributed by atoms with E-state index in [2.05, 4.69) is 33.8 Å². The normalized spacial score (nSPS) is 11.2. The van der Waals surface area contributed by atoms with Crippen molar-refractivity contribution in [3.05, 3.63) is 11.6 Å². The molecule has 80 valence electrons. The highest BCUT2D eigenvalue weighted by molar-refractivity contribution is 5.02. The lowest BCUT2D eigenvalue weighted by Crippen LogP contribution is -1.93. The van der Waals surface area contributed by atoms with Crippen molar-refractivity contribution >= 4 is 0 Å². The topological polar surface area (TPSA) is 0 Å². The molecule has 0 heteroatoms. The fraction of sp³-hybridized carbons (Fsp3) is 0.846. The minimum Gasteiger partial charge on any atom is -0.0882 e. The van der Waals surface area contributed by atoms with Gasteiger partial charge < -0.3 is 0 Å². The first-order valence-corrected chi connectivity index (χ1v) is 5.87. The fourth-order valence-corrected chi connectivity index (χ4v) is 1.35. The zero-order chi connectivity index (χ0) is 10.7. The number of hydrogen-bond acceptors (Lipinski definition) is 0. The third-order valence-corrected chi connectivity index (χ3v) is 2.18. The van der Waals surface area contributed by atoms with Gasteiger partial charge in [0.25, 0.3) is 0 Å². The number of unbranched alkanes of at least 4 members (excludes halogenated alkanes) is 2. The van der Waals surface area contributed by atoms with Crippen molar-refractivity contribution in [2.45, 2.75) is 67.2 Å². The van der Waals surface area contributed by atoms with Gasteiger partial charge in [-0.25, -0.2) is 0 Å². The summed E-state index contributed by atoms with van der Waals surface area (Å²) < 4.78 is 0. The van der Waals surface area contributed by atoms with Crippen LogP contribution in [-0.4, -0.2) is 0 Å². The van der Waals surface area contributed by atoms with Crippen LogP contribution in [0.3, 0.4) is 0 Å². The van der Waals surface area contributed by atoms with Crippen LogP contribution in [0.1, 0.15) is 67.2 Å². The highest BCUT2D eigenvalue weighted by Gasteiger charge is 2.00. The minimum absolute atomic E-state index is 0.747. The van der Waals surface area contributed by atoms with E-state index in [1.807, 2.05) is 13.8 Å². The molecule has 0 saturated heterocycles. The first-order chi connectivity index (χ1) is 6.22. The largest absolute Gasteiger partial charge is 0.0882 e. The molecule has 0 amide bonds. The van der Waals surface area contributed by atoms with Crippen molar-refractivity contribution in [2.24, 2.45) is 5.92 Å². The Balaban J connectivity index is 0. The molecule has 0 aromatic heterocycles. The molecule has 13 heavy (non-hydrogen) atoms. The van der Waals surface area contributed by atoms with Gasteiger partial charge in [-0.1, -0.05) is 59.1 Å². The lowest BCUT2D eigenvalue weighted by Gasteiger charge is -2.09. The quantitative estimate of drug-likeness (QED) is 0.407. The molecule has 0 aliphatic heterocycles. The second-order valence-corrected chi connectivity index (χ2v) is 3.48. The van der Waals surface area contributed by atoms with Gasteiger partial charge in [0.05, 0.1) is 0 Å². The summed E-state index contributed by atoms with van der Waals surface area (Å²) in [6, 6.07) is 0. The zero-order valence-electron chi connectivity index (χ0n) is 10.5. The molecule has 0 rings (SSSR count). The Bertz CT molecular complexity index is 109. The molecule has 0 N–H and O–H groups in total. The van der Waals surface area contributed by atoms with Gasteiger partial charge in [-0.3, -0.25) is 0 Å². The van der Waals surface area contributed by atoms with E-state index >= 15 is 0 Å². The van der Waals surface area contributed by atoms with Crippen LogP contribution in [0.25, 0.3) is 0 Å². The second-order valence-electron chi connectivity index (χ2n) is 3.48. The Morgan fingerprint density at radius 2 is 1.69 bits per heavy atom. The molecule has 0 spiro atoms. The van der Waals surface area contributed by atoms with E-state index in [4.69, 9.17) is 0 Å². The summed E-state index contributed by atoms with van der Waals surface area (Å²) in [6.07, 6.45) is 7.66. The van der Waals surface area contributed by atoms with Crippen LogP contribution in [0.5, 0.6) is 0 Å². The van der Waals surface area contributed by atoms with Crippen LogP contribution < -0.4 is 0 Å². The molecular weight excluding hydrogens is 156 g/mol. The molecule has 0 fully saturated rings. The number of hydrogen-bond donors (Lipinski definition) is 0. The van der Waals surface area contributed by atoms with Crippen LogP contribution >= 0.6 is 0 Å². The third kappa shape index (κ3) is 9.66. The first-order valence-electron chi connectivity index (χ1n) is 5.87. The number of allylic oxidation sites excluding steroid dienone is 2. The van der Waals surface area contributed by atoms with Crippen LogP contribution in [-0.2, 0) is 0 Å². The molecule has 0 aliphatic carbocycles. The second kappa shape index (κ2) is 11.7. The summed E-state index contributed by atoms with van der Waals surface area (Å²) in [7, 11) is 0. The number of rotatable bonds is 5. The zero-order valence-corrected chi connectivity index (χ0v) is 10.5. The summed E-state index contributed by atoms with van der Waals surface area (Å²) in [6.45, 7) is 13.0. The molecule has 0 bridgehead atoms. The average molecular weight is 184 g/mol. The SMILES string of the molecule is C/C=C(\CCCCC)C(C)C.CC. The van der Waals surface area contributed by atoms with E-state index in [9.17, 15) is 0 Å². The average Bonchev–Trinajstić information content (AvgIpc) is 2.15. The first kappa shape index (κ1) is 15.2. The lowest BCUT2D eigenvalue weighted by molar-refractivity contribution is 0.646. The summed E-state index contributed by atoms with van der Waals surface area (Å²) in [5.41, 5.74) is 1.62. The maximum Gasteiger partial charge on any atom is -0.0260 e. The minimum atomic E-state index is 0.747.